The number of nitrogens with zero attached hydrogens (tertiary/aromatic N) is 1. The molecule has 1 aliphatic heterocycles. The van der Waals surface area contributed by atoms with Crippen LogP contribution in [-0.4, -0.2) is 23.5 Å². The summed E-state index contributed by atoms with van der Waals surface area (Å²) in [4.78, 5) is 15.9. The molecule has 1 fully saturated rings. The minimum Gasteiger partial charge on any atom is -0.444 e. The van der Waals surface area contributed by atoms with E-state index in [1.54, 1.807) is 6.20 Å². The van der Waals surface area contributed by atoms with E-state index in [9.17, 15) is 4.79 Å². The van der Waals surface area contributed by atoms with Gasteiger partial charge < -0.3 is 15.1 Å². The summed E-state index contributed by atoms with van der Waals surface area (Å²) >= 11 is 0. The SMILES string of the molecule is CCc1cnc(CNC(=O)[C@@H]2CCCCN2)o1. The minimum absolute atomic E-state index is 0.0425. The maximum absolute atomic E-state index is 11.8. The Bertz CT molecular complexity index is 370. The lowest BCUT2D eigenvalue weighted by atomic mass is 10.0. The maximum Gasteiger partial charge on any atom is 0.237 e. The van der Waals surface area contributed by atoms with Gasteiger partial charge in [0.2, 0.25) is 11.8 Å². The van der Waals surface area contributed by atoms with Crippen LogP contribution in [0, 0.1) is 0 Å². The van der Waals surface area contributed by atoms with Crippen molar-refractivity contribution >= 4 is 5.91 Å². The molecule has 0 spiro atoms. The molecule has 5 heteroatoms. The number of carbonyl (C=O) groups is 1. The van der Waals surface area contributed by atoms with Crippen LogP contribution in [0.3, 0.4) is 0 Å². The molecule has 5 nitrogen and oxygen atoms in total. The number of rotatable bonds is 4. The highest BCUT2D eigenvalue weighted by Gasteiger charge is 2.20. The highest BCUT2D eigenvalue weighted by Crippen LogP contribution is 2.08. The van der Waals surface area contributed by atoms with Gasteiger partial charge in [-0.2, -0.15) is 0 Å². The van der Waals surface area contributed by atoms with Crippen molar-refractivity contribution in [2.75, 3.05) is 6.54 Å². The molecule has 1 aromatic rings. The average Bonchev–Trinajstić information content (AvgIpc) is 2.85. The Balaban J connectivity index is 1.78. The molecule has 1 atom stereocenters. The van der Waals surface area contributed by atoms with Gasteiger partial charge in [0.15, 0.2) is 0 Å². The van der Waals surface area contributed by atoms with Crippen LogP contribution >= 0.6 is 0 Å². The Hall–Kier alpha value is -1.36. The van der Waals surface area contributed by atoms with E-state index in [1.807, 2.05) is 6.92 Å². The summed E-state index contributed by atoms with van der Waals surface area (Å²) in [6, 6.07) is -0.0515. The lowest BCUT2D eigenvalue weighted by molar-refractivity contribution is -0.123. The fourth-order valence-corrected chi connectivity index (χ4v) is 1.95. The minimum atomic E-state index is -0.0515. The number of oxazole rings is 1. The second-order valence-corrected chi connectivity index (χ2v) is 4.29. The summed E-state index contributed by atoms with van der Waals surface area (Å²) in [5.74, 6) is 1.47. The number of aryl methyl sites for hydroxylation is 1. The quantitative estimate of drug-likeness (QED) is 0.819. The number of hydrogen-bond acceptors (Lipinski definition) is 4. The summed E-state index contributed by atoms with van der Waals surface area (Å²) in [6.45, 7) is 3.31. The van der Waals surface area contributed by atoms with Crippen LogP contribution in [0.25, 0.3) is 0 Å². The maximum atomic E-state index is 11.8. The van der Waals surface area contributed by atoms with Gasteiger partial charge in [-0.15, -0.1) is 0 Å². The van der Waals surface area contributed by atoms with Crippen LogP contribution in [-0.2, 0) is 17.8 Å². The topological polar surface area (TPSA) is 67.2 Å². The molecule has 94 valence electrons. The average molecular weight is 237 g/mol. The van der Waals surface area contributed by atoms with Gasteiger partial charge in [0, 0.05) is 6.42 Å². The van der Waals surface area contributed by atoms with E-state index in [4.69, 9.17) is 4.42 Å². The molecule has 0 saturated carbocycles. The summed E-state index contributed by atoms with van der Waals surface area (Å²) in [5, 5.41) is 6.06. The van der Waals surface area contributed by atoms with Gasteiger partial charge in [-0.1, -0.05) is 13.3 Å². The highest BCUT2D eigenvalue weighted by molar-refractivity contribution is 5.81. The molecule has 0 aliphatic carbocycles. The smallest absolute Gasteiger partial charge is 0.237 e. The molecule has 1 saturated heterocycles. The molecule has 0 radical (unpaired) electrons. The molecule has 0 bridgehead atoms. The zero-order chi connectivity index (χ0) is 12.1. The Morgan fingerprint density at radius 2 is 2.53 bits per heavy atom. The van der Waals surface area contributed by atoms with E-state index in [2.05, 4.69) is 15.6 Å². The van der Waals surface area contributed by atoms with Crippen molar-refractivity contribution in [1.82, 2.24) is 15.6 Å². The molecule has 2 N–H and O–H groups in total. The van der Waals surface area contributed by atoms with Crippen molar-refractivity contribution in [3.63, 3.8) is 0 Å². The number of hydrogen-bond donors (Lipinski definition) is 2. The van der Waals surface area contributed by atoms with E-state index in [-0.39, 0.29) is 11.9 Å². The first kappa shape index (κ1) is 12.1. The van der Waals surface area contributed by atoms with Gasteiger partial charge in [-0.3, -0.25) is 4.79 Å². The molecule has 1 amide bonds. The van der Waals surface area contributed by atoms with Crippen molar-refractivity contribution in [1.29, 1.82) is 0 Å². The largest absolute Gasteiger partial charge is 0.444 e. The number of amides is 1. The van der Waals surface area contributed by atoms with Gasteiger partial charge in [-0.05, 0) is 19.4 Å². The van der Waals surface area contributed by atoms with Gasteiger partial charge in [0.25, 0.3) is 0 Å². The highest BCUT2D eigenvalue weighted by atomic mass is 16.4. The van der Waals surface area contributed by atoms with Crippen molar-refractivity contribution in [2.45, 2.75) is 45.2 Å². The van der Waals surface area contributed by atoms with Gasteiger partial charge >= 0.3 is 0 Å². The fourth-order valence-electron chi connectivity index (χ4n) is 1.95. The Morgan fingerprint density at radius 1 is 1.65 bits per heavy atom. The van der Waals surface area contributed by atoms with Crippen LogP contribution in [0.15, 0.2) is 10.6 Å². The van der Waals surface area contributed by atoms with Crippen LogP contribution in [0.5, 0.6) is 0 Å². The van der Waals surface area contributed by atoms with Crippen LogP contribution < -0.4 is 10.6 Å². The lowest BCUT2D eigenvalue weighted by Gasteiger charge is -2.22. The monoisotopic (exact) mass is 237 g/mol. The molecule has 0 unspecified atom stereocenters. The van der Waals surface area contributed by atoms with Crippen LogP contribution in [0.2, 0.25) is 0 Å². The molecule has 1 aliphatic rings. The normalized spacial score (nSPS) is 20.2. The summed E-state index contributed by atoms with van der Waals surface area (Å²) in [5.41, 5.74) is 0. The summed E-state index contributed by atoms with van der Waals surface area (Å²) < 4.78 is 5.42. The second-order valence-electron chi connectivity index (χ2n) is 4.29. The first-order valence-electron chi connectivity index (χ1n) is 6.24. The van der Waals surface area contributed by atoms with Crippen molar-refractivity contribution in [3.05, 3.63) is 17.8 Å². The van der Waals surface area contributed by atoms with Gasteiger partial charge in [0.05, 0.1) is 18.8 Å². The molecule has 1 aromatic heterocycles. The van der Waals surface area contributed by atoms with E-state index in [0.717, 1.165) is 38.0 Å². The Kier molecular flexibility index (Phi) is 4.14. The third-order valence-corrected chi connectivity index (χ3v) is 2.99. The van der Waals surface area contributed by atoms with Crippen molar-refractivity contribution < 1.29 is 9.21 Å². The third-order valence-electron chi connectivity index (χ3n) is 2.99. The van der Waals surface area contributed by atoms with Crippen LogP contribution in [0.1, 0.15) is 37.8 Å². The zero-order valence-corrected chi connectivity index (χ0v) is 10.2. The lowest BCUT2D eigenvalue weighted by Crippen LogP contribution is -2.46. The predicted octanol–water partition coefficient (Wildman–Crippen LogP) is 0.995. The molecule has 2 heterocycles. The molecule has 2 rings (SSSR count). The second kappa shape index (κ2) is 5.82. The van der Waals surface area contributed by atoms with E-state index < -0.39 is 0 Å². The third kappa shape index (κ3) is 3.30. The predicted molar refractivity (Wildman–Crippen MR) is 63.4 cm³/mol. The van der Waals surface area contributed by atoms with Gasteiger partial charge in [0.1, 0.15) is 5.76 Å². The number of aromatic nitrogens is 1. The van der Waals surface area contributed by atoms with Crippen molar-refractivity contribution in [3.8, 4) is 0 Å². The molecular formula is C12H19N3O2. The molecule has 17 heavy (non-hydrogen) atoms. The Morgan fingerprint density at radius 3 is 3.18 bits per heavy atom. The first-order chi connectivity index (χ1) is 8.29. The van der Waals surface area contributed by atoms with Crippen molar-refractivity contribution in [2.24, 2.45) is 0 Å². The first-order valence-corrected chi connectivity index (χ1v) is 6.24. The number of piperidine rings is 1. The van der Waals surface area contributed by atoms with E-state index in [1.165, 1.54) is 0 Å². The standard InChI is InChI=1S/C12H19N3O2/c1-2-9-7-14-11(17-9)8-15-12(16)10-5-3-4-6-13-10/h7,10,13H,2-6,8H2,1H3,(H,15,16)/t10-/m0/s1. The van der Waals surface area contributed by atoms with E-state index >= 15 is 0 Å². The van der Waals surface area contributed by atoms with Crippen LogP contribution in [0.4, 0.5) is 0 Å². The molecule has 0 aromatic carbocycles. The zero-order valence-electron chi connectivity index (χ0n) is 10.2. The summed E-state index contributed by atoms with van der Waals surface area (Å²) in [7, 11) is 0. The summed E-state index contributed by atoms with van der Waals surface area (Å²) in [6.07, 6.45) is 5.72. The Labute approximate surface area is 101 Å². The number of nitrogens with one attached hydrogen (secondary N) is 2. The van der Waals surface area contributed by atoms with Gasteiger partial charge in [-0.25, -0.2) is 4.98 Å². The fraction of sp³-hybridized carbons (Fsp3) is 0.667. The number of carbonyl (C=O) groups excluding carboxylic acids is 1. The molecular weight excluding hydrogens is 218 g/mol. The van der Waals surface area contributed by atoms with E-state index in [0.29, 0.717) is 12.4 Å².